The van der Waals surface area contributed by atoms with E-state index in [1.165, 1.54) is 35.0 Å². The summed E-state index contributed by atoms with van der Waals surface area (Å²) in [5.74, 6) is -1.35. The van der Waals surface area contributed by atoms with Gasteiger partial charge in [-0.2, -0.15) is 8.78 Å². The Bertz CT molecular complexity index is 889. The van der Waals surface area contributed by atoms with Gasteiger partial charge in [0.15, 0.2) is 0 Å². The van der Waals surface area contributed by atoms with Crippen LogP contribution in [-0.2, 0) is 6.54 Å². The molecule has 0 saturated heterocycles. The first kappa shape index (κ1) is 15.0. The normalized spacial score (nSPS) is 11.1. The molecule has 8 heteroatoms. The Morgan fingerprint density at radius 2 is 2.00 bits per heavy atom. The summed E-state index contributed by atoms with van der Waals surface area (Å²) < 4.78 is 44.1. The van der Waals surface area contributed by atoms with Crippen molar-refractivity contribution in [3.05, 3.63) is 70.2 Å². The third-order valence-electron chi connectivity index (χ3n) is 3.11. The van der Waals surface area contributed by atoms with Crippen molar-refractivity contribution >= 4 is 0 Å². The average Bonchev–Trinajstić information content (AvgIpc) is 2.99. The highest BCUT2D eigenvalue weighted by Gasteiger charge is 2.17. The average molecular weight is 321 g/mol. The molecule has 2 aromatic heterocycles. The first-order valence-corrected chi connectivity index (χ1v) is 6.60. The van der Waals surface area contributed by atoms with Gasteiger partial charge in [-0.3, -0.25) is 4.79 Å². The van der Waals surface area contributed by atoms with Gasteiger partial charge >= 0.3 is 6.43 Å². The van der Waals surface area contributed by atoms with Crippen LogP contribution in [0.4, 0.5) is 13.2 Å². The maximum absolute atomic E-state index is 13.1. The van der Waals surface area contributed by atoms with Crippen LogP contribution >= 0.6 is 0 Å². The molecule has 0 amide bonds. The molecular weight excluding hydrogens is 311 g/mol. The van der Waals surface area contributed by atoms with E-state index in [9.17, 15) is 18.0 Å². The zero-order valence-electron chi connectivity index (χ0n) is 11.6. The highest BCUT2D eigenvalue weighted by molar-refractivity contribution is 5.51. The van der Waals surface area contributed by atoms with Crippen molar-refractivity contribution in [2.24, 2.45) is 0 Å². The van der Waals surface area contributed by atoms with Gasteiger partial charge in [-0.1, -0.05) is 12.1 Å². The molecule has 0 atom stereocenters. The number of pyridine rings is 1. The molecule has 118 valence electrons. The van der Waals surface area contributed by atoms with Crippen LogP contribution in [-0.4, -0.2) is 14.8 Å². The molecule has 3 aromatic rings. The van der Waals surface area contributed by atoms with Gasteiger partial charge in [0.1, 0.15) is 5.82 Å². The molecule has 0 bridgehead atoms. The third kappa shape index (κ3) is 3.31. The van der Waals surface area contributed by atoms with Gasteiger partial charge in [0.05, 0.1) is 6.54 Å². The zero-order valence-corrected chi connectivity index (χ0v) is 11.6. The fourth-order valence-electron chi connectivity index (χ4n) is 2.04. The van der Waals surface area contributed by atoms with Gasteiger partial charge in [0.2, 0.25) is 5.89 Å². The lowest BCUT2D eigenvalue weighted by Crippen LogP contribution is -2.19. The Labute approximate surface area is 128 Å². The number of nitrogens with zero attached hydrogens (tertiary/aromatic N) is 3. The van der Waals surface area contributed by atoms with Crippen LogP contribution in [0.25, 0.3) is 11.5 Å². The van der Waals surface area contributed by atoms with Gasteiger partial charge in [-0.15, -0.1) is 10.2 Å². The Morgan fingerprint density at radius 1 is 1.17 bits per heavy atom. The number of hydrogen-bond acceptors (Lipinski definition) is 4. The van der Waals surface area contributed by atoms with Crippen LogP contribution in [0.1, 0.15) is 17.9 Å². The van der Waals surface area contributed by atoms with E-state index in [-0.39, 0.29) is 18.0 Å². The molecule has 0 unspecified atom stereocenters. The van der Waals surface area contributed by atoms with Gasteiger partial charge in [0, 0.05) is 17.8 Å². The molecular formula is C15H10F3N3O2. The molecule has 0 aliphatic rings. The number of hydrogen-bond donors (Lipinski definition) is 0. The van der Waals surface area contributed by atoms with E-state index in [1.54, 1.807) is 12.1 Å². The molecule has 0 aliphatic heterocycles. The fraction of sp³-hybridized carbons (Fsp3) is 0.133. The number of aromatic nitrogens is 3. The Hall–Kier alpha value is -2.90. The summed E-state index contributed by atoms with van der Waals surface area (Å²) in [6, 6.07) is 8.56. The molecule has 0 N–H and O–H groups in total. The standard InChI is InChI=1S/C15H10F3N3O2/c16-11-3-1-2-9(6-11)8-21-5-4-10(7-12(21)22)14-19-20-15(23-14)13(17)18/h1-7,13H,8H2. The van der Waals surface area contributed by atoms with E-state index in [0.29, 0.717) is 5.56 Å². The Morgan fingerprint density at radius 3 is 2.65 bits per heavy atom. The quantitative estimate of drug-likeness (QED) is 0.741. The van der Waals surface area contributed by atoms with Crippen LogP contribution in [0.2, 0.25) is 0 Å². The molecule has 23 heavy (non-hydrogen) atoms. The molecule has 0 aliphatic carbocycles. The summed E-state index contributed by atoms with van der Waals surface area (Å²) in [6.45, 7) is 0.184. The lowest BCUT2D eigenvalue weighted by atomic mass is 10.2. The number of rotatable bonds is 4. The molecule has 3 rings (SSSR count). The van der Waals surface area contributed by atoms with Crippen molar-refractivity contribution in [3.63, 3.8) is 0 Å². The zero-order chi connectivity index (χ0) is 16.4. The maximum atomic E-state index is 13.1. The van der Waals surface area contributed by atoms with E-state index in [4.69, 9.17) is 4.42 Å². The number of benzene rings is 1. The molecule has 1 aromatic carbocycles. The van der Waals surface area contributed by atoms with Crippen LogP contribution in [0, 0.1) is 5.82 Å². The van der Waals surface area contributed by atoms with Gasteiger partial charge in [-0.05, 0) is 23.8 Å². The highest BCUT2D eigenvalue weighted by Crippen LogP contribution is 2.22. The SMILES string of the molecule is O=c1cc(-c2nnc(C(F)F)o2)ccn1Cc1cccc(F)c1. The van der Waals surface area contributed by atoms with Crippen LogP contribution < -0.4 is 5.56 Å². The third-order valence-corrected chi connectivity index (χ3v) is 3.11. The summed E-state index contributed by atoms with van der Waals surface area (Å²) in [5.41, 5.74) is 0.464. The second-order valence-electron chi connectivity index (χ2n) is 4.76. The molecule has 0 saturated carbocycles. The molecule has 0 radical (unpaired) electrons. The van der Waals surface area contributed by atoms with Crippen molar-refractivity contribution in [1.29, 1.82) is 0 Å². The smallest absolute Gasteiger partial charge is 0.314 e. The molecule has 0 fully saturated rings. The minimum Gasteiger partial charge on any atom is -0.415 e. The molecule has 0 spiro atoms. The lowest BCUT2D eigenvalue weighted by Gasteiger charge is -2.06. The monoisotopic (exact) mass is 321 g/mol. The van der Waals surface area contributed by atoms with Crippen LogP contribution in [0.3, 0.4) is 0 Å². The largest absolute Gasteiger partial charge is 0.415 e. The van der Waals surface area contributed by atoms with Crippen molar-refractivity contribution in [2.45, 2.75) is 13.0 Å². The van der Waals surface area contributed by atoms with Crippen molar-refractivity contribution in [2.75, 3.05) is 0 Å². The van der Waals surface area contributed by atoms with Crippen LogP contribution in [0.5, 0.6) is 0 Å². The minimum atomic E-state index is -2.87. The van der Waals surface area contributed by atoms with Gasteiger partial charge < -0.3 is 8.98 Å². The lowest BCUT2D eigenvalue weighted by molar-refractivity contribution is 0.116. The first-order valence-electron chi connectivity index (χ1n) is 6.60. The van der Waals surface area contributed by atoms with E-state index >= 15 is 0 Å². The Balaban J connectivity index is 1.87. The fourth-order valence-corrected chi connectivity index (χ4v) is 2.04. The summed E-state index contributed by atoms with van der Waals surface area (Å²) in [5, 5.41) is 6.68. The van der Waals surface area contributed by atoms with Crippen molar-refractivity contribution < 1.29 is 17.6 Å². The van der Waals surface area contributed by atoms with Gasteiger partial charge in [-0.25, -0.2) is 4.39 Å². The summed E-state index contributed by atoms with van der Waals surface area (Å²) in [6.07, 6.45) is -1.42. The maximum Gasteiger partial charge on any atom is 0.314 e. The predicted molar refractivity (Wildman–Crippen MR) is 74.5 cm³/mol. The van der Waals surface area contributed by atoms with Crippen molar-refractivity contribution in [1.82, 2.24) is 14.8 Å². The minimum absolute atomic E-state index is 0.157. The highest BCUT2D eigenvalue weighted by atomic mass is 19.3. The second kappa shape index (κ2) is 6.07. The summed E-state index contributed by atoms with van der Waals surface area (Å²) in [4.78, 5) is 12.1. The van der Waals surface area contributed by atoms with E-state index in [0.717, 1.165) is 0 Å². The van der Waals surface area contributed by atoms with Gasteiger partial charge in [0.25, 0.3) is 11.4 Å². The van der Waals surface area contributed by atoms with Crippen LogP contribution in [0.15, 0.2) is 51.8 Å². The number of halogens is 3. The predicted octanol–water partition coefficient (Wildman–Crippen LogP) is 3.02. The van der Waals surface area contributed by atoms with Crippen molar-refractivity contribution in [3.8, 4) is 11.5 Å². The summed E-state index contributed by atoms with van der Waals surface area (Å²) in [7, 11) is 0. The Kier molecular flexibility index (Phi) is 3.96. The van der Waals surface area contributed by atoms with E-state index in [1.807, 2.05) is 0 Å². The topological polar surface area (TPSA) is 60.9 Å². The molecule has 5 nitrogen and oxygen atoms in total. The number of alkyl halides is 2. The second-order valence-corrected chi connectivity index (χ2v) is 4.76. The summed E-state index contributed by atoms with van der Waals surface area (Å²) >= 11 is 0. The first-order chi connectivity index (χ1) is 11.0. The van der Waals surface area contributed by atoms with E-state index in [2.05, 4.69) is 10.2 Å². The van der Waals surface area contributed by atoms with E-state index < -0.39 is 23.7 Å². The molecule has 2 heterocycles.